The zero-order valence-corrected chi connectivity index (χ0v) is 19.0. The second-order valence-corrected chi connectivity index (χ2v) is 6.60. The molecule has 0 fully saturated rings. The lowest BCUT2D eigenvalue weighted by Crippen LogP contribution is -2.42. The summed E-state index contributed by atoms with van der Waals surface area (Å²) in [5.41, 5.74) is 1.65. The highest BCUT2D eigenvalue weighted by Gasteiger charge is 2.06. The quantitative estimate of drug-likeness (QED) is 0.269. The van der Waals surface area contributed by atoms with Crippen molar-refractivity contribution in [2.45, 2.75) is 39.3 Å². The molecule has 2 aromatic heterocycles. The molecule has 1 atom stereocenters. The molecule has 0 amide bonds. The van der Waals surface area contributed by atoms with Crippen molar-refractivity contribution in [3.05, 3.63) is 72.2 Å². The average Bonchev–Trinajstić information content (AvgIpc) is 3.38. The average molecular weight is 511 g/mol. The van der Waals surface area contributed by atoms with Crippen LogP contribution in [-0.2, 0) is 13.0 Å². The van der Waals surface area contributed by atoms with Gasteiger partial charge in [0.25, 0.3) is 0 Å². The number of halogens is 2. The molecule has 0 aliphatic heterocycles. The summed E-state index contributed by atoms with van der Waals surface area (Å²) in [6, 6.07) is 12.3. The van der Waals surface area contributed by atoms with Crippen molar-refractivity contribution in [2.24, 2.45) is 4.99 Å². The van der Waals surface area contributed by atoms with Crippen LogP contribution in [0.25, 0.3) is 5.69 Å². The minimum absolute atomic E-state index is 0. The predicted molar refractivity (Wildman–Crippen MR) is 123 cm³/mol. The van der Waals surface area contributed by atoms with Crippen LogP contribution in [0.3, 0.4) is 0 Å². The molecular weight excluding hydrogens is 484 g/mol. The highest BCUT2D eigenvalue weighted by molar-refractivity contribution is 14.0. The van der Waals surface area contributed by atoms with Gasteiger partial charge in [-0.15, -0.1) is 24.0 Å². The zero-order valence-electron chi connectivity index (χ0n) is 16.6. The van der Waals surface area contributed by atoms with Crippen LogP contribution in [0, 0.1) is 5.82 Å². The molecule has 156 valence electrons. The van der Waals surface area contributed by atoms with Gasteiger partial charge in [-0.05, 0) is 55.8 Å². The lowest BCUT2D eigenvalue weighted by Gasteiger charge is -2.16. The molecule has 1 aromatic carbocycles. The van der Waals surface area contributed by atoms with Crippen molar-refractivity contribution < 1.29 is 8.81 Å². The third-order valence-corrected chi connectivity index (χ3v) is 4.37. The summed E-state index contributed by atoms with van der Waals surface area (Å²) in [4.78, 5) is 4.65. The van der Waals surface area contributed by atoms with Crippen LogP contribution in [0.5, 0.6) is 0 Å². The molecule has 0 bridgehead atoms. The molecule has 0 saturated carbocycles. The van der Waals surface area contributed by atoms with Crippen LogP contribution in [-0.4, -0.2) is 28.3 Å². The van der Waals surface area contributed by atoms with Gasteiger partial charge < -0.3 is 15.1 Å². The Labute approximate surface area is 187 Å². The minimum atomic E-state index is -0.262. The fourth-order valence-electron chi connectivity index (χ4n) is 2.59. The summed E-state index contributed by atoms with van der Waals surface area (Å²) in [5.74, 6) is 1.42. The van der Waals surface area contributed by atoms with E-state index in [9.17, 15) is 4.39 Å². The molecule has 29 heavy (non-hydrogen) atoms. The van der Waals surface area contributed by atoms with Crippen molar-refractivity contribution >= 4 is 29.9 Å². The molecule has 0 aliphatic rings. The first-order valence-electron chi connectivity index (χ1n) is 9.51. The lowest BCUT2D eigenvalue weighted by molar-refractivity contribution is 0.506. The Morgan fingerprint density at radius 1 is 1.24 bits per heavy atom. The second kappa shape index (κ2) is 11.6. The molecule has 1 unspecified atom stereocenters. The minimum Gasteiger partial charge on any atom is -0.469 e. The zero-order chi connectivity index (χ0) is 19.8. The number of benzene rings is 1. The largest absolute Gasteiger partial charge is 0.469 e. The molecule has 0 spiro atoms. The van der Waals surface area contributed by atoms with E-state index >= 15 is 0 Å². The SMILES string of the molecule is CCC(C)NC(=NCc1ccn(-c2ccc(F)cc2)n1)NCCc1ccco1.I. The molecule has 6 nitrogen and oxygen atoms in total. The first kappa shape index (κ1) is 22.9. The van der Waals surface area contributed by atoms with Crippen LogP contribution >= 0.6 is 24.0 Å². The monoisotopic (exact) mass is 511 g/mol. The van der Waals surface area contributed by atoms with Crippen LogP contribution < -0.4 is 10.6 Å². The van der Waals surface area contributed by atoms with E-state index in [0.717, 1.165) is 42.5 Å². The van der Waals surface area contributed by atoms with Gasteiger partial charge in [0.2, 0.25) is 0 Å². The van der Waals surface area contributed by atoms with Gasteiger partial charge in [0.15, 0.2) is 5.96 Å². The topological polar surface area (TPSA) is 67.4 Å². The van der Waals surface area contributed by atoms with E-state index in [1.54, 1.807) is 23.1 Å². The Morgan fingerprint density at radius 3 is 2.72 bits per heavy atom. The van der Waals surface area contributed by atoms with E-state index in [4.69, 9.17) is 4.42 Å². The first-order valence-corrected chi connectivity index (χ1v) is 9.51. The summed E-state index contributed by atoms with van der Waals surface area (Å²) >= 11 is 0. The fraction of sp³-hybridized carbons (Fsp3) is 0.333. The van der Waals surface area contributed by atoms with E-state index in [1.165, 1.54) is 12.1 Å². The van der Waals surface area contributed by atoms with Gasteiger partial charge in [0.1, 0.15) is 11.6 Å². The van der Waals surface area contributed by atoms with Gasteiger partial charge in [-0.2, -0.15) is 5.10 Å². The molecule has 0 saturated heterocycles. The highest BCUT2D eigenvalue weighted by Crippen LogP contribution is 2.09. The second-order valence-electron chi connectivity index (χ2n) is 6.60. The maximum atomic E-state index is 13.1. The van der Waals surface area contributed by atoms with Gasteiger partial charge in [-0.25, -0.2) is 14.1 Å². The Balaban J connectivity index is 0.00000300. The van der Waals surface area contributed by atoms with Gasteiger partial charge in [-0.3, -0.25) is 0 Å². The number of guanidine groups is 1. The van der Waals surface area contributed by atoms with Crippen LogP contribution in [0.4, 0.5) is 4.39 Å². The van der Waals surface area contributed by atoms with Crippen molar-refractivity contribution in [1.29, 1.82) is 0 Å². The standard InChI is InChI=1S/C21H26FN5O.HI/c1-3-16(2)25-21(23-12-10-20-5-4-14-28-20)24-15-18-11-13-27(26-18)19-8-6-17(22)7-9-19;/h4-9,11,13-14,16H,3,10,12,15H2,1-2H3,(H2,23,24,25);1H. The predicted octanol–water partition coefficient (Wildman–Crippen LogP) is 4.30. The Kier molecular flexibility index (Phi) is 9.17. The molecule has 2 heterocycles. The molecular formula is C21H27FIN5O. The van der Waals surface area contributed by atoms with Crippen LogP contribution in [0.2, 0.25) is 0 Å². The Bertz CT molecular complexity index is 877. The number of rotatable bonds is 8. The van der Waals surface area contributed by atoms with E-state index in [2.05, 4.69) is 34.6 Å². The van der Waals surface area contributed by atoms with E-state index in [-0.39, 0.29) is 29.8 Å². The first-order chi connectivity index (χ1) is 13.6. The number of furan rings is 1. The number of hydrogen-bond donors (Lipinski definition) is 2. The van der Waals surface area contributed by atoms with E-state index in [1.807, 2.05) is 24.4 Å². The fourth-order valence-corrected chi connectivity index (χ4v) is 2.59. The van der Waals surface area contributed by atoms with Crippen molar-refractivity contribution in [2.75, 3.05) is 6.54 Å². The Hall–Kier alpha value is -2.36. The molecule has 3 aromatic rings. The van der Waals surface area contributed by atoms with Crippen molar-refractivity contribution in [3.63, 3.8) is 0 Å². The van der Waals surface area contributed by atoms with E-state index < -0.39 is 0 Å². The Morgan fingerprint density at radius 2 is 2.03 bits per heavy atom. The number of aromatic nitrogens is 2. The summed E-state index contributed by atoms with van der Waals surface area (Å²) in [6.07, 6.45) is 5.31. The number of nitrogens with zero attached hydrogens (tertiary/aromatic N) is 3. The summed E-state index contributed by atoms with van der Waals surface area (Å²) in [6.45, 7) is 5.41. The van der Waals surface area contributed by atoms with Crippen molar-refractivity contribution in [3.8, 4) is 5.69 Å². The smallest absolute Gasteiger partial charge is 0.191 e. The molecule has 0 radical (unpaired) electrons. The third-order valence-electron chi connectivity index (χ3n) is 4.37. The molecule has 0 aliphatic carbocycles. The van der Waals surface area contributed by atoms with Gasteiger partial charge >= 0.3 is 0 Å². The highest BCUT2D eigenvalue weighted by atomic mass is 127. The summed E-state index contributed by atoms with van der Waals surface area (Å²) in [7, 11) is 0. The molecule has 8 heteroatoms. The lowest BCUT2D eigenvalue weighted by atomic mass is 10.3. The molecule has 2 N–H and O–H groups in total. The number of nitrogens with one attached hydrogen (secondary N) is 2. The van der Waals surface area contributed by atoms with Crippen molar-refractivity contribution in [1.82, 2.24) is 20.4 Å². The maximum absolute atomic E-state index is 13.1. The number of aliphatic imine (C=N–C) groups is 1. The molecule has 3 rings (SSSR count). The van der Waals surface area contributed by atoms with Gasteiger partial charge in [0, 0.05) is 25.2 Å². The summed E-state index contributed by atoms with van der Waals surface area (Å²) in [5, 5.41) is 11.3. The van der Waals surface area contributed by atoms with Gasteiger partial charge in [-0.1, -0.05) is 6.92 Å². The van der Waals surface area contributed by atoms with E-state index in [0.29, 0.717) is 12.6 Å². The van der Waals surface area contributed by atoms with Gasteiger partial charge in [0.05, 0.1) is 24.2 Å². The maximum Gasteiger partial charge on any atom is 0.191 e. The van der Waals surface area contributed by atoms with Crippen LogP contribution in [0.1, 0.15) is 31.7 Å². The number of hydrogen-bond acceptors (Lipinski definition) is 3. The normalized spacial score (nSPS) is 12.3. The van der Waals surface area contributed by atoms with Crippen LogP contribution in [0.15, 0.2) is 64.3 Å². The summed E-state index contributed by atoms with van der Waals surface area (Å²) < 4.78 is 20.2. The third kappa shape index (κ3) is 7.19.